The van der Waals surface area contributed by atoms with Gasteiger partial charge in [0.05, 0.1) is 6.10 Å². The number of hydrogen-bond donors (Lipinski definition) is 2. The Bertz CT molecular complexity index is 769. The van der Waals surface area contributed by atoms with Gasteiger partial charge in [-0.2, -0.15) is 0 Å². The van der Waals surface area contributed by atoms with E-state index in [0.717, 1.165) is 17.8 Å². The predicted molar refractivity (Wildman–Crippen MR) is 99.6 cm³/mol. The molecule has 8 heteroatoms. The Balaban J connectivity index is 1.86. The van der Waals surface area contributed by atoms with Crippen LogP contribution in [0.5, 0.6) is 0 Å². The monoisotopic (exact) mass is 382 g/mol. The first-order chi connectivity index (χ1) is 11.9. The van der Waals surface area contributed by atoms with Gasteiger partial charge >= 0.3 is 0 Å². The van der Waals surface area contributed by atoms with E-state index in [9.17, 15) is 13.2 Å². The summed E-state index contributed by atoms with van der Waals surface area (Å²) in [6.45, 7) is 5.05. The van der Waals surface area contributed by atoms with Gasteiger partial charge in [-0.1, -0.05) is 6.07 Å². The van der Waals surface area contributed by atoms with Crippen molar-refractivity contribution in [3.8, 4) is 0 Å². The topological polar surface area (TPSA) is 84.5 Å². The Kier molecular flexibility index (Phi) is 6.98. The summed E-state index contributed by atoms with van der Waals surface area (Å²) in [5.41, 5.74) is 0.888. The maximum Gasteiger partial charge on any atom is 0.271 e. The quantitative estimate of drug-likeness (QED) is 0.653. The molecule has 0 radical (unpaired) electrons. The van der Waals surface area contributed by atoms with E-state index >= 15 is 0 Å². The van der Waals surface area contributed by atoms with Gasteiger partial charge in [0.1, 0.15) is 4.21 Å². The van der Waals surface area contributed by atoms with Gasteiger partial charge in [-0.25, -0.2) is 8.42 Å². The molecule has 6 nitrogen and oxygen atoms in total. The van der Waals surface area contributed by atoms with Crippen molar-refractivity contribution in [2.75, 3.05) is 17.9 Å². The number of hydrogen-bond acceptors (Lipinski definition) is 5. The summed E-state index contributed by atoms with van der Waals surface area (Å²) in [6.07, 6.45) is 0.920. The van der Waals surface area contributed by atoms with Crippen LogP contribution >= 0.6 is 11.3 Å². The second-order valence-electron chi connectivity index (χ2n) is 5.64. The molecule has 0 aliphatic carbocycles. The average Bonchev–Trinajstić information content (AvgIpc) is 3.10. The maximum atomic E-state index is 12.1. The molecule has 0 spiro atoms. The first-order valence-electron chi connectivity index (χ1n) is 7.94. The van der Waals surface area contributed by atoms with Crippen molar-refractivity contribution in [3.63, 3.8) is 0 Å². The summed E-state index contributed by atoms with van der Waals surface area (Å²) in [5, 5.41) is 4.51. The second-order valence-corrected chi connectivity index (χ2v) is 8.50. The molecule has 0 aliphatic rings. The molecule has 1 heterocycles. The number of ether oxygens (including phenoxy) is 1. The maximum absolute atomic E-state index is 12.1. The van der Waals surface area contributed by atoms with Gasteiger partial charge < -0.3 is 10.1 Å². The molecule has 1 aromatic carbocycles. The van der Waals surface area contributed by atoms with Gasteiger partial charge in [-0.3, -0.25) is 9.52 Å². The summed E-state index contributed by atoms with van der Waals surface area (Å²) < 4.78 is 32.4. The highest BCUT2D eigenvalue weighted by atomic mass is 32.2. The minimum Gasteiger partial charge on any atom is -0.379 e. The number of benzene rings is 1. The Hall–Kier alpha value is -1.90. The van der Waals surface area contributed by atoms with Crippen LogP contribution < -0.4 is 10.0 Å². The molecule has 2 aromatic rings. The molecule has 1 amide bonds. The van der Waals surface area contributed by atoms with Crippen molar-refractivity contribution < 1.29 is 17.9 Å². The van der Waals surface area contributed by atoms with Crippen LogP contribution in [0, 0.1) is 0 Å². The molecule has 0 saturated carbocycles. The fourth-order valence-electron chi connectivity index (χ4n) is 2.01. The van der Waals surface area contributed by atoms with Crippen molar-refractivity contribution in [1.29, 1.82) is 0 Å². The molecular weight excluding hydrogens is 360 g/mol. The van der Waals surface area contributed by atoms with Crippen molar-refractivity contribution >= 4 is 33.0 Å². The Morgan fingerprint density at radius 3 is 2.52 bits per heavy atom. The highest BCUT2D eigenvalue weighted by Gasteiger charge is 2.15. The molecule has 0 fully saturated rings. The van der Waals surface area contributed by atoms with Gasteiger partial charge in [-0.15, -0.1) is 11.3 Å². The summed E-state index contributed by atoms with van der Waals surface area (Å²) in [7, 11) is -3.58. The standard InChI is InChI=1S/C17H22N2O4S2/c1-13(2)23-11-4-10-18-17(20)14-6-8-15(9-7-14)19-25(21,22)16-5-3-12-24-16/h3,5-9,12-13,19H,4,10-11H2,1-2H3,(H,18,20). The SMILES string of the molecule is CC(C)OCCCNC(=O)c1ccc(NS(=O)(=O)c2cccs2)cc1. The smallest absolute Gasteiger partial charge is 0.271 e. The van der Waals surface area contributed by atoms with Gasteiger partial charge in [-0.05, 0) is 56.0 Å². The molecule has 0 atom stereocenters. The highest BCUT2D eigenvalue weighted by molar-refractivity contribution is 7.94. The van der Waals surface area contributed by atoms with E-state index in [0.29, 0.717) is 24.4 Å². The first kappa shape index (κ1) is 19.4. The van der Waals surface area contributed by atoms with E-state index in [2.05, 4.69) is 10.0 Å². The molecule has 25 heavy (non-hydrogen) atoms. The van der Waals surface area contributed by atoms with Gasteiger partial charge in [0.25, 0.3) is 15.9 Å². The van der Waals surface area contributed by atoms with Crippen LogP contribution in [0.2, 0.25) is 0 Å². The van der Waals surface area contributed by atoms with E-state index < -0.39 is 10.0 Å². The zero-order valence-corrected chi connectivity index (χ0v) is 15.8. The normalized spacial score (nSPS) is 11.5. The lowest BCUT2D eigenvalue weighted by Gasteiger charge is -2.09. The lowest BCUT2D eigenvalue weighted by atomic mass is 10.2. The zero-order valence-electron chi connectivity index (χ0n) is 14.2. The molecule has 0 aliphatic heterocycles. The molecule has 0 saturated heterocycles. The fourth-order valence-corrected chi connectivity index (χ4v) is 4.06. The van der Waals surface area contributed by atoms with Gasteiger partial charge in [0.15, 0.2) is 0 Å². The van der Waals surface area contributed by atoms with E-state index in [1.54, 1.807) is 35.7 Å². The van der Waals surface area contributed by atoms with Crippen LogP contribution in [-0.4, -0.2) is 33.6 Å². The summed E-state index contributed by atoms with van der Waals surface area (Å²) in [6, 6.07) is 9.54. The van der Waals surface area contributed by atoms with E-state index in [-0.39, 0.29) is 16.2 Å². The number of nitrogens with one attached hydrogen (secondary N) is 2. The van der Waals surface area contributed by atoms with Crippen molar-refractivity contribution in [2.45, 2.75) is 30.6 Å². The number of carbonyl (C=O) groups is 1. The second kappa shape index (κ2) is 8.98. The largest absolute Gasteiger partial charge is 0.379 e. The summed E-state index contributed by atoms with van der Waals surface area (Å²) in [4.78, 5) is 12.0. The summed E-state index contributed by atoms with van der Waals surface area (Å²) >= 11 is 1.15. The lowest BCUT2D eigenvalue weighted by Crippen LogP contribution is -2.25. The van der Waals surface area contributed by atoms with Crippen LogP contribution in [-0.2, 0) is 14.8 Å². The molecule has 2 N–H and O–H groups in total. The summed E-state index contributed by atoms with van der Waals surface area (Å²) in [5.74, 6) is -0.197. The minimum absolute atomic E-state index is 0.182. The molecular formula is C17H22N2O4S2. The number of anilines is 1. The first-order valence-corrected chi connectivity index (χ1v) is 10.3. The van der Waals surface area contributed by atoms with Crippen LogP contribution in [0.4, 0.5) is 5.69 Å². The van der Waals surface area contributed by atoms with E-state index in [1.807, 2.05) is 13.8 Å². The molecule has 136 valence electrons. The zero-order chi connectivity index (χ0) is 18.3. The number of sulfonamides is 1. The molecule has 1 aromatic heterocycles. The van der Waals surface area contributed by atoms with Gasteiger partial charge in [0, 0.05) is 24.4 Å². The number of amides is 1. The number of thiophene rings is 1. The third-order valence-electron chi connectivity index (χ3n) is 3.22. The fraction of sp³-hybridized carbons (Fsp3) is 0.353. The van der Waals surface area contributed by atoms with Crippen molar-refractivity contribution in [2.24, 2.45) is 0 Å². The third kappa shape index (κ3) is 6.15. The average molecular weight is 383 g/mol. The number of rotatable bonds is 9. The van der Waals surface area contributed by atoms with E-state index in [1.165, 1.54) is 6.07 Å². The Morgan fingerprint density at radius 2 is 1.92 bits per heavy atom. The third-order valence-corrected chi connectivity index (χ3v) is 6.00. The Morgan fingerprint density at radius 1 is 1.20 bits per heavy atom. The van der Waals surface area contributed by atoms with Gasteiger partial charge in [0.2, 0.25) is 0 Å². The Labute approximate surface area is 152 Å². The highest BCUT2D eigenvalue weighted by Crippen LogP contribution is 2.20. The molecule has 0 bridgehead atoms. The predicted octanol–water partition coefficient (Wildman–Crippen LogP) is 3.09. The van der Waals surface area contributed by atoms with Crippen LogP contribution in [0.15, 0.2) is 46.0 Å². The lowest BCUT2D eigenvalue weighted by molar-refractivity contribution is 0.0757. The van der Waals surface area contributed by atoms with Crippen molar-refractivity contribution in [3.05, 3.63) is 47.3 Å². The van der Waals surface area contributed by atoms with Crippen LogP contribution in [0.25, 0.3) is 0 Å². The van der Waals surface area contributed by atoms with Crippen LogP contribution in [0.1, 0.15) is 30.6 Å². The number of carbonyl (C=O) groups excluding carboxylic acids is 1. The van der Waals surface area contributed by atoms with E-state index in [4.69, 9.17) is 4.74 Å². The van der Waals surface area contributed by atoms with Crippen LogP contribution in [0.3, 0.4) is 0 Å². The van der Waals surface area contributed by atoms with Crippen molar-refractivity contribution in [1.82, 2.24) is 5.32 Å². The molecule has 2 rings (SSSR count). The minimum atomic E-state index is -3.58. The molecule has 0 unspecified atom stereocenters.